The van der Waals surface area contributed by atoms with Crippen molar-refractivity contribution in [2.45, 2.75) is 39.5 Å². The molecule has 0 aliphatic heterocycles. The predicted octanol–water partition coefficient (Wildman–Crippen LogP) is 2.98. The van der Waals surface area contributed by atoms with E-state index in [4.69, 9.17) is 0 Å². The lowest BCUT2D eigenvalue weighted by Gasteiger charge is -2.20. The van der Waals surface area contributed by atoms with Gasteiger partial charge in [0.25, 0.3) is 0 Å². The molecule has 0 aromatic carbocycles. The van der Waals surface area contributed by atoms with E-state index in [9.17, 15) is 9.59 Å². The first-order chi connectivity index (χ1) is 10.1. The monoisotopic (exact) mass is 309 g/mol. The van der Waals surface area contributed by atoms with Crippen LogP contribution in [0.25, 0.3) is 0 Å². The minimum Gasteiger partial charge on any atom is -0.330 e. The van der Waals surface area contributed by atoms with E-state index in [0.29, 0.717) is 18.1 Å². The van der Waals surface area contributed by atoms with Crippen molar-refractivity contribution in [2.75, 3.05) is 18.4 Å². The van der Waals surface area contributed by atoms with Crippen LogP contribution in [0.15, 0.2) is 18.0 Å². The number of nitrogens with one attached hydrogen (secondary N) is 1. The van der Waals surface area contributed by atoms with Crippen molar-refractivity contribution < 1.29 is 9.59 Å². The van der Waals surface area contributed by atoms with Gasteiger partial charge in [-0.3, -0.25) is 9.59 Å². The predicted molar refractivity (Wildman–Crippen MR) is 86.4 cm³/mol. The van der Waals surface area contributed by atoms with Crippen LogP contribution in [0.5, 0.6) is 0 Å². The first-order valence-electron chi connectivity index (χ1n) is 7.17. The third-order valence-electron chi connectivity index (χ3n) is 2.90. The van der Waals surface area contributed by atoms with E-state index < -0.39 is 0 Å². The average molecular weight is 309 g/mol. The first-order valence-corrected chi connectivity index (χ1v) is 8.05. The molecule has 0 bridgehead atoms. The van der Waals surface area contributed by atoms with E-state index in [-0.39, 0.29) is 18.4 Å². The number of rotatable bonds is 9. The second-order valence-corrected chi connectivity index (χ2v) is 5.72. The van der Waals surface area contributed by atoms with Crippen molar-refractivity contribution in [2.24, 2.45) is 0 Å². The number of nitrogens with zero attached hydrogens (tertiary/aromatic N) is 2. The first kappa shape index (κ1) is 17.4. The van der Waals surface area contributed by atoms with Crippen LogP contribution in [0, 0.1) is 6.92 Å². The molecule has 0 fully saturated rings. The van der Waals surface area contributed by atoms with E-state index in [1.165, 1.54) is 16.2 Å². The van der Waals surface area contributed by atoms with Crippen molar-refractivity contribution >= 4 is 28.3 Å². The molecular weight excluding hydrogens is 286 g/mol. The Morgan fingerprint density at radius 2 is 2.24 bits per heavy atom. The number of anilines is 1. The standard InChI is InChI=1S/C15H23N3O2S/c1-4-6-7-8-14(20)18(9-5-2)10-13(19)17-15-16-12(3)11-21-15/h5,11H,2,4,6-10H2,1,3H3,(H,16,17,19). The van der Waals surface area contributed by atoms with Crippen molar-refractivity contribution in [3.8, 4) is 0 Å². The van der Waals surface area contributed by atoms with Gasteiger partial charge in [-0.1, -0.05) is 25.8 Å². The smallest absolute Gasteiger partial charge is 0.245 e. The molecule has 0 atom stereocenters. The van der Waals surface area contributed by atoms with Gasteiger partial charge in [-0.15, -0.1) is 17.9 Å². The van der Waals surface area contributed by atoms with Gasteiger partial charge in [0.2, 0.25) is 11.8 Å². The number of aromatic nitrogens is 1. The van der Waals surface area contributed by atoms with Crippen molar-refractivity contribution in [1.29, 1.82) is 0 Å². The van der Waals surface area contributed by atoms with E-state index in [2.05, 4.69) is 23.8 Å². The highest BCUT2D eigenvalue weighted by molar-refractivity contribution is 7.13. The molecular formula is C15H23N3O2S. The Kier molecular flexibility index (Phi) is 7.68. The number of thiazole rings is 1. The SMILES string of the molecule is C=CCN(CC(=O)Nc1nc(C)cs1)C(=O)CCCCC. The topological polar surface area (TPSA) is 62.3 Å². The molecule has 1 aromatic rings. The second kappa shape index (κ2) is 9.28. The van der Waals surface area contributed by atoms with Gasteiger partial charge in [0.15, 0.2) is 5.13 Å². The minimum atomic E-state index is -0.227. The highest BCUT2D eigenvalue weighted by Gasteiger charge is 2.16. The zero-order chi connectivity index (χ0) is 15.7. The molecule has 116 valence electrons. The van der Waals surface area contributed by atoms with Gasteiger partial charge < -0.3 is 10.2 Å². The molecule has 21 heavy (non-hydrogen) atoms. The normalized spacial score (nSPS) is 10.2. The van der Waals surface area contributed by atoms with Crippen LogP contribution in [-0.4, -0.2) is 34.8 Å². The molecule has 1 rings (SSSR count). The zero-order valence-electron chi connectivity index (χ0n) is 12.7. The Bertz CT molecular complexity index is 485. The summed E-state index contributed by atoms with van der Waals surface area (Å²) in [6.45, 7) is 8.02. The number of hydrogen-bond donors (Lipinski definition) is 1. The van der Waals surface area contributed by atoms with Crippen molar-refractivity contribution in [3.05, 3.63) is 23.7 Å². The second-order valence-electron chi connectivity index (χ2n) is 4.86. The van der Waals surface area contributed by atoms with Gasteiger partial charge in [0.1, 0.15) is 6.54 Å². The van der Waals surface area contributed by atoms with Crippen molar-refractivity contribution in [3.63, 3.8) is 0 Å². The maximum Gasteiger partial charge on any atom is 0.245 e. The Morgan fingerprint density at radius 1 is 1.48 bits per heavy atom. The minimum absolute atomic E-state index is 0.00572. The lowest BCUT2D eigenvalue weighted by molar-refractivity contribution is -0.134. The fraction of sp³-hybridized carbons (Fsp3) is 0.533. The number of hydrogen-bond acceptors (Lipinski definition) is 4. The number of unbranched alkanes of at least 4 members (excludes halogenated alkanes) is 2. The molecule has 0 saturated carbocycles. The summed E-state index contributed by atoms with van der Waals surface area (Å²) in [7, 11) is 0. The largest absolute Gasteiger partial charge is 0.330 e. The van der Waals surface area contributed by atoms with E-state index in [0.717, 1.165) is 25.0 Å². The molecule has 0 spiro atoms. The maximum atomic E-state index is 12.1. The molecule has 0 unspecified atom stereocenters. The van der Waals surface area contributed by atoms with E-state index in [1.54, 1.807) is 6.08 Å². The highest BCUT2D eigenvalue weighted by atomic mass is 32.1. The van der Waals surface area contributed by atoms with Crippen molar-refractivity contribution in [1.82, 2.24) is 9.88 Å². The van der Waals surface area contributed by atoms with Crippen LogP contribution in [0.3, 0.4) is 0 Å². The highest BCUT2D eigenvalue weighted by Crippen LogP contribution is 2.14. The molecule has 2 amide bonds. The average Bonchev–Trinajstić information content (AvgIpc) is 2.83. The van der Waals surface area contributed by atoms with Crippen LogP contribution in [-0.2, 0) is 9.59 Å². The molecule has 1 aromatic heterocycles. The molecule has 6 heteroatoms. The van der Waals surface area contributed by atoms with Crippen LogP contribution in [0.4, 0.5) is 5.13 Å². The fourth-order valence-electron chi connectivity index (χ4n) is 1.84. The summed E-state index contributed by atoms with van der Waals surface area (Å²) in [5, 5.41) is 5.15. The molecule has 1 N–H and O–H groups in total. The Labute approximate surface area is 130 Å². The number of aryl methyl sites for hydroxylation is 1. The van der Waals surface area contributed by atoms with Crippen LogP contribution >= 0.6 is 11.3 Å². The van der Waals surface area contributed by atoms with Gasteiger partial charge >= 0.3 is 0 Å². The number of carbonyl (C=O) groups is 2. The summed E-state index contributed by atoms with van der Waals surface area (Å²) in [6, 6.07) is 0. The lowest BCUT2D eigenvalue weighted by Crippen LogP contribution is -2.38. The maximum absolute atomic E-state index is 12.1. The van der Waals surface area contributed by atoms with Crippen LogP contribution < -0.4 is 5.32 Å². The Hall–Kier alpha value is -1.69. The molecule has 0 radical (unpaired) electrons. The Morgan fingerprint density at radius 3 is 2.81 bits per heavy atom. The molecule has 5 nitrogen and oxygen atoms in total. The summed E-state index contributed by atoms with van der Waals surface area (Å²) >= 11 is 1.38. The summed E-state index contributed by atoms with van der Waals surface area (Å²) in [6.07, 6.45) is 5.07. The summed E-state index contributed by atoms with van der Waals surface area (Å²) < 4.78 is 0. The summed E-state index contributed by atoms with van der Waals surface area (Å²) in [4.78, 5) is 29.8. The van der Waals surface area contributed by atoms with E-state index >= 15 is 0 Å². The quantitative estimate of drug-likeness (QED) is 0.563. The van der Waals surface area contributed by atoms with Gasteiger partial charge in [-0.05, 0) is 13.3 Å². The molecule has 0 saturated heterocycles. The van der Waals surface area contributed by atoms with Crippen LogP contribution in [0.2, 0.25) is 0 Å². The van der Waals surface area contributed by atoms with Gasteiger partial charge in [0, 0.05) is 18.3 Å². The van der Waals surface area contributed by atoms with Gasteiger partial charge in [0.05, 0.1) is 5.69 Å². The van der Waals surface area contributed by atoms with E-state index in [1.807, 2.05) is 12.3 Å². The summed E-state index contributed by atoms with van der Waals surface area (Å²) in [5.74, 6) is -0.233. The lowest BCUT2D eigenvalue weighted by atomic mass is 10.2. The molecule has 0 aliphatic carbocycles. The number of carbonyl (C=O) groups excluding carboxylic acids is 2. The number of amides is 2. The van der Waals surface area contributed by atoms with Gasteiger partial charge in [-0.2, -0.15) is 0 Å². The molecule has 0 aliphatic rings. The third kappa shape index (κ3) is 6.53. The zero-order valence-corrected chi connectivity index (χ0v) is 13.5. The van der Waals surface area contributed by atoms with Gasteiger partial charge in [-0.25, -0.2) is 4.98 Å². The fourth-order valence-corrected chi connectivity index (χ4v) is 2.54. The van der Waals surface area contributed by atoms with Crippen LogP contribution in [0.1, 0.15) is 38.3 Å². The Balaban J connectivity index is 2.50. The summed E-state index contributed by atoms with van der Waals surface area (Å²) in [5.41, 5.74) is 0.869. The molecule has 1 heterocycles. The third-order valence-corrected chi connectivity index (χ3v) is 3.77.